The smallest absolute Gasteiger partial charge is 0.338 e. The molecule has 0 radical (unpaired) electrons. The molecule has 35 heavy (non-hydrogen) atoms. The van der Waals surface area contributed by atoms with Gasteiger partial charge in [-0.3, -0.25) is 4.79 Å². The number of nitrogens with zero attached hydrogens (tertiary/aromatic N) is 1. The minimum absolute atomic E-state index is 0.0402. The zero-order valence-electron chi connectivity index (χ0n) is 19.9. The summed E-state index contributed by atoms with van der Waals surface area (Å²) in [6.07, 6.45) is 1.61. The van der Waals surface area contributed by atoms with Gasteiger partial charge in [-0.1, -0.05) is 55.5 Å². The number of amides is 1. The van der Waals surface area contributed by atoms with E-state index in [-0.39, 0.29) is 5.91 Å². The number of rotatable bonds is 11. The third-order valence-corrected chi connectivity index (χ3v) is 5.63. The minimum Gasteiger partial charge on any atom is -0.494 e. The average molecular weight is 471 g/mol. The van der Waals surface area contributed by atoms with Crippen LogP contribution in [0.15, 0.2) is 94.1 Å². The molecule has 1 N–H and O–H groups in total. The van der Waals surface area contributed by atoms with Crippen LogP contribution in [0.2, 0.25) is 0 Å². The second-order valence-electron chi connectivity index (χ2n) is 8.34. The van der Waals surface area contributed by atoms with Gasteiger partial charge in [0.1, 0.15) is 11.3 Å². The molecule has 0 bridgehead atoms. The van der Waals surface area contributed by atoms with E-state index in [1.807, 2.05) is 77.7 Å². The van der Waals surface area contributed by atoms with Crippen LogP contribution in [-0.4, -0.2) is 30.5 Å². The molecule has 3 aromatic carbocycles. The van der Waals surface area contributed by atoms with E-state index < -0.39 is 5.63 Å². The third kappa shape index (κ3) is 6.51. The fourth-order valence-corrected chi connectivity index (χ4v) is 3.93. The number of carbonyl (C=O) groups is 1. The summed E-state index contributed by atoms with van der Waals surface area (Å²) in [6.45, 7) is 4.34. The first-order chi connectivity index (χ1) is 17.1. The molecule has 0 saturated carbocycles. The minimum atomic E-state index is -0.391. The Morgan fingerprint density at radius 3 is 2.60 bits per heavy atom. The summed E-state index contributed by atoms with van der Waals surface area (Å²) in [5, 5.41) is 4.20. The number of fused-ring (bicyclic) bond motifs is 1. The maximum Gasteiger partial charge on any atom is 0.338 e. The molecule has 0 aliphatic carbocycles. The molecule has 0 fully saturated rings. The van der Waals surface area contributed by atoms with E-state index in [1.54, 1.807) is 6.07 Å². The summed E-state index contributed by atoms with van der Waals surface area (Å²) in [5.74, 6) is 0.662. The molecule has 4 aromatic rings. The van der Waals surface area contributed by atoms with Gasteiger partial charge in [-0.25, -0.2) is 4.79 Å². The molecule has 0 aliphatic rings. The van der Waals surface area contributed by atoms with Crippen LogP contribution in [0.5, 0.6) is 5.75 Å². The molecule has 0 aliphatic heterocycles. The Morgan fingerprint density at radius 2 is 1.77 bits per heavy atom. The highest BCUT2D eigenvalue weighted by Crippen LogP contribution is 2.21. The molecule has 0 unspecified atom stereocenters. The van der Waals surface area contributed by atoms with Gasteiger partial charge in [0.05, 0.1) is 12.3 Å². The van der Waals surface area contributed by atoms with E-state index in [1.165, 1.54) is 6.07 Å². The molecule has 6 heteroatoms. The SMILES string of the molecule is CCCOc1cccc(C(=O)N(CCCNc2cc(=O)oc3ccccc23)Cc2ccccc2)c1. The molecule has 0 spiro atoms. The standard InChI is InChI=1S/C29H30N2O4/c1-2-18-34-24-13-8-12-23(19-24)29(33)31(21-22-10-4-3-5-11-22)17-9-16-30-26-20-28(32)35-27-15-7-6-14-25(26)27/h3-8,10-15,19-20,30H,2,9,16-18,21H2,1H3. The summed E-state index contributed by atoms with van der Waals surface area (Å²) >= 11 is 0. The lowest BCUT2D eigenvalue weighted by Crippen LogP contribution is -2.32. The molecular formula is C29H30N2O4. The first-order valence-electron chi connectivity index (χ1n) is 12.0. The number of para-hydroxylation sites is 1. The van der Waals surface area contributed by atoms with Gasteiger partial charge in [-0.05, 0) is 48.7 Å². The highest BCUT2D eigenvalue weighted by Gasteiger charge is 2.17. The Morgan fingerprint density at radius 1 is 0.971 bits per heavy atom. The topological polar surface area (TPSA) is 71.8 Å². The molecule has 180 valence electrons. The molecule has 0 atom stereocenters. The second kappa shape index (κ2) is 11.9. The lowest BCUT2D eigenvalue weighted by molar-refractivity contribution is 0.0742. The maximum atomic E-state index is 13.5. The van der Waals surface area contributed by atoms with Crippen molar-refractivity contribution in [1.82, 2.24) is 4.90 Å². The Bertz CT molecular complexity index is 1320. The van der Waals surface area contributed by atoms with Crippen molar-refractivity contribution in [3.8, 4) is 5.75 Å². The van der Waals surface area contributed by atoms with Crippen LogP contribution in [-0.2, 0) is 6.54 Å². The van der Waals surface area contributed by atoms with E-state index in [2.05, 4.69) is 12.2 Å². The van der Waals surface area contributed by atoms with Crippen molar-refractivity contribution >= 4 is 22.6 Å². The largest absolute Gasteiger partial charge is 0.494 e. The molecule has 4 rings (SSSR count). The van der Waals surface area contributed by atoms with E-state index in [0.29, 0.717) is 49.6 Å². The van der Waals surface area contributed by atoms with Crippen molar-refractivity contribution in [2.45, 2.75) is 26.3 Å². The van der Waals surface area contributed by atoms with Gasteiger partial charge in [0.25, 0.3) is 5.91 Å². The number of carbonyl (C=O) groups excluding carboxylic acids is 1. The molecule has 1 amide bonds. The maximum absolute atomic E-state index is 13.5. The monoisotopic (exact) mass is 470 g/mol. The van der Waals surface area contributed by atoms with Crippen molar-refractivity contribution in [3.63, 3.8) is 0 Å². The van der Waals surface area contributed by atoms with Crippen LogP contribution in [0.3, 0.4) is 0 Å². The number of anilines is 1. The molecule has 0 saturated heterocycles. The molecule has 1 aromatic heterocycles. The third-order valence-electron chi connectivity index (χ3n) is 5.63. The highest BCUT2D eigenvalue weighted by molar-refractivity contribution is 5.94. The van der Waals surface area contributed by atoms with Crippen molar-refractivity contribution in [2.24, 2.45) is 0 Å². The summed E-state index contributed by atoms with van der Waals surface area (Å²) in [5.41, 5.74) is 2.57. The van der Waals surface area contributed by atoms with E-state index in [9.17, 15) is 9.59 Å². The molecular weight excluding hydrogens is 440 g/mol. The van der Waals surface area contributed by atoms with Crippen LogP contribution >= 0.6 is 0 Å². The molecule has 6 nitrogen and oxygen atoms in total. The van der Waals surface area contributed by atoms with Gasteiger partial charge >= 0.3 is 5.63 Å². The zero-order chi connectivity index (χ0) is 24.5. The average Bonchev–Trinajstić information content (AvgIpc) is 2.89. The Balaban J connectivity index is 1.46. The van der Waals surface area contributed by atoms with Crippen LogP contribution < -0.4 is 15.7 Å². The van der Waals surface area contributed by atoms with E-state index in [4.69, 9.17) is 9.15 Å². The number of hydrogen-bond acceptors (Lipinski definition) is 5. The predicted octanol–water partition coefficient (Wildman–Crippen LogP) is 5.73. The number of ether oxygens (including phenoxy) is 1. The summed E-state index contributed by atoms with van der Waals surface area (Å²) in [6, 6.07) is 26.2. The molecule has 1 heterocycles. The summed E-state index contributed by atoms with van der Waals surface area (Å²) < 4.78 is 11.0. The normalized spacial score (nSPS) is 10.8. The van der Waals surface area contributed by atoms with Crippen LogP contribution in [0.1, 0.15) is 35.7 Å². The summed E-state index contributed by atoms with van der Waals surface area (Å²) in [7, 11) is 0. The summed E-state index contributed by atoms with van der Waals surface area (Å²) in [4.78, 5) is 27.2. The fourth-order valence-electron chi connectivity index (χ4n) is 3.93. The van der Waals surface area contributed by atoms with Crippen LogP contribution in [0.25, 0.3) is 11.0 Å². The zero-order valence-corrected chi connectivity index (χ0v) is 19.9. The second-order valence-corrected chi connectivity index (χ2v) is 8.34. The first-order valence-corrected chi connectivity index (χ1v) is 12.0. The van der Waals surface area contributed by atoms with Gasteiger partial charge in [0.15, 0.2) is 0 Å². The Labute approximate surface area is 205 Å². The quantitative estimate of drug-likeness (QED) is 0.224. The lowest BCUT2D eigenvalue weighted by Gasteiger charge is -2.23. The van der Waals surface area contributed by atoms with Crippen molar-refractivity contribution in [1.29, 1.82) is 0 Å². The van der Waals surface area contributed by atoms with Crippen LogP contribution in [0.4, 0.5) is 5.69 Å². The highest BCUT2D eigenvalue weighted by atomic mass is 16.5. The van der Waals surface area contributed by atoms with Gasteiger partial charge in [-0.15, -0.1) is 0 Å². The van der Waals surface area contributed by atoms with Gasteiger partial charge < -0.3 is 19.4 Å². The Kier molecular flexibility index (Phi) is 8.17. The Hall–Kier alpha value is -4.06. The van der Waals surface area contributed by atoms with Crippen LogP contribution in [0, 0.1) is 0 Å². The van der Waals surface area contributed by atoms with Crippen molar-refractivity contribution < 1.29 is 13.9 Å². The number of benzene rings is 3. The van der Waals surface area contributed by atoms with Crippen molar-refractivity contribution in [2.75, 3.05) is 25.0 Å². The first kappa shape index (κ1) is 24.1. The number of nitrogens with one attached hydrogen (secondary N) is 1. The fraction of sp³-hybridized carbons (Fsp3) is 0.241. The lowest BCUT2D eigenvalue weighted by atomic mass is 10.1. The van der Waals surface area contributed by atoms with E-state index >= 15 is 0 Å². The van der Waals surface area contributed by atoms with E-state index in [0.717, 1.165) is 23.1 Å². The van der Waals surface area contributed by atoms with Crippen molar-refractivity contribution in [3.05, 3.63) is 106 Å². The van der Waals surface area contributed by atoms with Gasteiger partial charge in [0.2, 0.25) is 0 Å². The van der Waals surface area contributed by atoms with Gasteiger partial charge in [0, 0.05) is 36.7 Å². The van der Waals surface area contributed by atoms with Gasteiger partial charge in [-0.2, -0.15) is 0 Å². The number of hydrogen-bond donors (Lipinski definition) is 1. The predicted molar refractivity (Wildman–Crippen MR) is 139 cm³/mol.